The maximum Gasteiger partial charge on any atom is 0.162 e. The van der Waals surface area contributed by atoms with Crippen molar-refractivity contribution in [2.24, 2.45) is 0 Å². The highest BCUT2D eigenvalue weighted by atomic mass is 16.7. The Labute approximate surface area is 95.8 Å². The molecule has 1 fully saturated rings. The van der Waals surface area contributed by atoms with E-state index in [4.69, 9.17) is 9.47 Å². The van der Waals surface area contributed by atoms with Gasteiger partial charge in [0.1, 0.15) is 0 Å². The van der Waals surface area contributed by atoms with Crippen LogP contribution in [0.3, 0.4) is 0 Å². The molecule has 2 heterocycles. The summed E-state index contributed by atoms with van der Waals surface area (Å²) in [7, 11) is 0. The molecule has 16 heavy (non-hydrogen) atoms. The molecule has 0 amide bonds. The van der Waals surface area contributed by atoms with E-state index in [1.54, 1.807) is 6.20 Å². The second-order valence-electron chi connectivity index (χ2n) is 4.47. The second kappa shape index (κ2) is 4.95. The highest BCUT2D eigenvalue weighted by molar-refractivity contribution is 4.76. The normalized spacial score (nSPS) is 21.1. The van der Waals surface area contributed by atoms with Crippen LogP contribution in [0.1, 0.15) is 13.8 Å². The largest absolute Gasteiger partial charge is 0.349 e. The average Bonchev–Trinajstić information content (AvgIpc) is 2.73. The number of ether oxygens (including phenoxy) is 2. The van der Waals surface area contributed by atoms with Gasteiger partial charge in [0.15, 0.2) is 5.79 Å². The maximum absolute atomic E-state index is 5.56. The number of hydrogen-bond donors (Lipinski definition) is 1. The predicted octanol–water partition coefficient (Wildman–Crippen LogP) is 0.624. The van der Waals surface area contributed by atoms with Gasteiger partial charge in [-0.05, 0) is 13.8 Å². The molecule has 1 N–H and O–H groups in total. The van der Waals surface area contributed by atoms with E-state index >= 15 is 0 Å². The van der Waals surface area contributed by atoms with Gasteiger partial charge in [-0.25, -0.2) is 4.98 Å². The van der Waals surface area contributed by atoms with Crippen LogP contribution in [0.2, 0.25) is 0 Å². The Hall–Kier alpha value is -0.910. The van der Waals surface area contributed by atoms with E-state index in [1.807, 2.05) is 30.9 Å². The first kappa shape index (κ1) is 11.6. The zero-order chi connectivity index (χ0) is 11.4. The van der Waals surface area contributed by atoms with Gasteiger partial charge < -0.3 is 19.4 Å². The molecule has 0 unspecified atom stereocenters. The molecule has 0 spiro atoms. The number of nitrogens with one attached hydrogen (secondary N) is 1. The van der Waals surface area contributed by atoms with Gasteiger partial charge in [-0.1, -0.05) is 0 Å². The van der Waals surface area contributed by atoms with Gasteiger partial charge in [-0.3, -0.25) is 0 Å². The van der Waals surface area contributed by atoms with Crippen molar-refractivity contribution in [1.82, 2.24) is 14.9 Å². The van der Waals surface area contributed by atoms with Crippen LogP contribution in [0.4, 0.5) is 0 Å². The third-order valence-corrected chi connectivity index (χ3v) is 2.63. The molecule has 1 aliphatic heterocycles. The Balaban J connectivity index is 1.64. The fourth-order valence-corrected chi connectivity index (χ4v) is 1.63. The van der Waals surface area contributed by atoms with Crippen molar-refractivity contribution >= 4 is 0 Å². The first-order valence-electron chi connectivity index (χ1n) is 5.63. The number of hydrogen-bond acceptors (Lipinski definition) is 4. The molecule has 0 aromatic carbocycles. The summed E-state index contributed by atoms with van der Waals surface area (Å²) in [6.45, 7) is 7.10. The molecule has 0 radical (unpaired) electrons. The van der Waals surface area contributed by atoms with Gasteiger partial charge in [0, 0.05) is 25.5 Å². The van der Waals surface area contributed by atoms with Gasteiger partial charge >= 0.3 is 0 Å². The van der Waals surface area contributed by atoms with Crippen molar-refractivity contribution in [3.63, 3.8) is 0 Å². The summed E-state index contributed by atoms with van der Waals surface area (Å²) in [5.41, 5.74) is 0. The zero-order valence-electron chi connectivity index (χ0n) is 9.85. The first-order chi connectivity index (χ1) is 7.66. The smallest absolute Gasteiger partial charge is 0.162 e. The topological polar surface area (TPSA) is 48.3 Å². The van der Waals surface area contributed by atoms with Crippen molar-refractivity contribution in [1.29, 1.82) is 0 Å². The Bertz CT molecular complexity index is 301. The summed E-state index contributed by atoms with van der Waals surface area (Å²) >= 11 is 0. The van der Waals surface area contributed by atoms with Crippen LogP contribution in [-0.4, -0.2) is 41.1 Å². The summed E-state index contributed by atoms with van der Waals surface area (Å²) in [5, 5.41) is 3.40. The van der Waals surface area contributed by atoms with Gasteiger partial charge in [-0.15, -0.1) is 0 Å². The van der Waals surface area contributed by atoms with Crippen molar-refractivity contribution < 1.29 is 9.47 Å². The molecule has 0 atom stereocenters. The van der Waals surface area contributed by atoms with Crippen molar-refractivity contribution in [3.8, 4) is 0 Å². The van der Waals surface area contributed by atoms with Crippen LogP contribution in [0.15, 0.2) is 18.7 Å². The molecule has 1 aromatic rings. The molecule has 1 aliphatic rings. The van der Waals surface area contributed by atoms with Gasteiger partial charge in [0.05, 0.1) is 25.6 Å². The molecule has 1 saturated heterocycles. The summed E-state index contributed by atoms with van der Waals surface area (Å²) in [4.78, 5) is 3.99. The van der Waals surface area contributed by atoms with Gasteiger partial charge in [0.2, 0.25) is 0 Å². The average molecular weight is 225 g/mol. The highest BCUT2D eigenvalue weighted by Crippen LogP contribution is 2.16. The second-order valence-corrected chi connectivity index (χ2v) is 4.47. The monoisotopic (exact) mass is 225 g/mol. The molecule has 0 saturated carbocycles. The van der Waals surface area contributed by atoms with E-state index in [2.05, 4.69) is 10.3 Å². The van der Waals surface area contributed by atoms with Crippen molar-refractivity contribution in [2.75, 3.05) is 19.8 Å². The van der Waals surface area contributed by atoms with E-state index in [-0.39, 0.29) is 6.04 Å². The predicted molar refractivity (Wildman–Crippen MR) is 60.0 cm³/mol. The fraction of sp³-hybridized carbons (Fsp3) is 0.727. The van der Waals surface area contributed by atoms with Crippen molar-refractivity contribution in [3.05, 3.63) is 18.7 Å². The highest BCUT2D eigenvalue weighted by Gasteiger charge is 2.27. The van der Waals surface area contributed by atoms with Crippen LogP contribution in [0, 0.1) is 0 Å². The maximum atomic E-state index is 5.56. The number of aromatic nitrogens is 2. The Morgan fingerprint density at radius 2 is 2.19 bits per heavy atom. The standard InChI is InChI=1S/C11H19N3O2/c1-11(2)15-7-10(8-16-11)13-4-6-14-5-3-12-9-14/h3,5,9-10,13H,4,6-8H2,1-2H3. The quantitative estimate of drug-likeness (QED) is 0.816. The Kier molecular flexibility index (Phi) is 3.58. The lowest BCUT2D eigenvalue weighted by Gasteiger charge is -2.35. The van der Waals surface area contributed by atoms with Crippen LogP contribution in [-0.2, 0) is 16.0 Å². The summed E-state index contributed by atoms with van der Waals surface area (Å²) in [6, 6.07) is 0.288. The van der Waals surface area contributed by atoms with Crippen molar-refractivity contribution in [2.45, 2.75) is 32.2 Å². The molecule has 5 heteroatoms. The Morgan fingerprint density at radius 3 is 2.81 bits per heavy atom. The SMILES string of the molecule is CC1(C)OCC(NCCn2ccnc2)CO1. The van der Waals surface area contributed by atoms with E-state index in [0.29, 0.717) is 13.2 Å². The first-order valence-corrected chi connectivity index (χ1v) is 5.63. The lowest BCUT2D eigenvalue weighted by molar-refractivity contribution is -0.252. The van der Waals surface area contributed by atoms with Gasteiger partial charge in [0.25, 0.3) is 0 Å². The summed E-state index contributed by atoms with van der Waals surface area (Å²) in [5.74, 6) is -0.428. The molecule has 2 rings (SSSR count). The molecule has 90 valence electrons. The molecular weight excluding hydrogens is 206 g/mol. The molecule has 5 nitrogen and oxygen atoms in total. The lowest BCUT2D eigenvalue weighted by atomic mass is 10.2. The molecule has 0 aliphatic carbocycles. The third kappa shape index (κ3) is 3.30. The van der Waals surface area contributed by atoms with E-state index in [0.717, 1.165) is 13.1 Å². The van der Waals surface area contributed by atoms with Crippen LogP contribution in [0.25, 0.3) is 0 Å². The third-order valence-electron chi connectivity index (χ3n) is 2.63. The van der Waals surface area contributed by atoms with Crippen LogP contribution < -0.4 is 5.32 Å². The minimum Gasteiger partial charge on any atom is -0.349 e. The molecular formula is C11H19N3O2. The van der Waals surface area contributed by atoms with E-state index < -0.39 is 5.79 Å². The van der Waals surface area contributed by atoms with E-state index in [9.17, 15) is 0 Å². The fourth-order valence-electron chi connectivity index (χ4n) is 1.63. The zero-order valence-corrected chi connectivity index (χ0v) is 9.85. The number of imidazole rings is 1. The number of rotatable bonds is 4. The molecule has 0 bridgehead atoms. The lowest BCUT2D eigenvalue weighted by Crippen LogP contribution is -2.49. The minimum atomic E-state index is -0.428. The van der Waals surface area contributed by atoms with E-state index in [1.165, 1.54) is 0 Å². The molecule has 1 aromatic heterocycles. The minimum absolute atomic E-state index is 0.288. The summed E-state index contributed by atoms with van der Waals surface area (Å²) in [6.07, 6.45) is 5.56. The number of nitrogens with zero attached hydrogens (tertiary/aromatic N) is 2. The van der Waals surface area contributed by atoms with Crippen LogP contribution >= 0.6 is 0 Å². The van der Waals surface area contributed by atoms with Gasteiger partial charge in [-0.2, -0.15) is 0 Å². The van der Waals surface area contributed by atoms with Crippen LogP contribution in [0.5, 0.6) is 0 Å². The summed E-state index contributed by atoms with van der Waals surface area (Å²) < 4.78 is 13.2. The Morgan fingerprint density at radius 1 is 1.44 bits per heavy atom.